The van der Waals surface area contributed by atoms with Gasteiger partial charge in [-0.1, -0.05) is 13.8 Å². The van der Waals surface area contributed by atoms with Gasteiger partial charge >= 0.3 is 0 Å². The molecule has 7 nitrogen and oxygen atoms in total. The molecule has 2 amide bonds. The van der Waals surface area contributed by atoms with E-state index in [0.717, 1.165) is 18.5 Å². The van der Waals surface area contributed by atoms with Gasteiger partial charge in [-0.3, -0.25) is 14.4 Å². The van der Waals surface area contributed by atoms with Crippen LogP contribution >= 0.6 is 0 Å². The summed E-state index contributed by atoms with van der Waals surface area (Å²) in [6, 6.07) is -0.452. The Morgan fingerprint density at radius 2 is 2.18 bits per heavy atom. The summed E-state index contributed by atoms with van der Waals surface area (Å²) < 4.78 is 1.87. The summed E-state index contributed by atoms with van der Waals surface area (Å²) in [4.78, 5) is 36.4. The van der Waals surface area contributed by atoms with E-state index in [9.17, 15) is 9.59 Å². The molecule has 2 aliphatic rings. The Kier molecular flexibility index (Phi) is 4.15. The van der Waals surface area contributed by atoms with Crippen molar-refractivity contribution < 1.29 is 14.4 Å². The van der Waals surface area contributed by atoms with Crippen LogP contribution in [0, 0.1) is 5.92 Å². The molecule has 0 radical (unpaired) electrons. The number of hydrogen-bond acceptors (Lipinski definition) is 4. The number of rotatable bonds is 2. The molecule has 3 rings (SSSR count). The van der Waals surface area contributed by atoms with Crippen molar-refractivity contribution >= 4 is 11.8 Å². The number of hydroxylamine groups is 2. The first-order valence-corrected chi connectivity index (χ1v) is 7.81. The Labute approximate surface area is 129 Å². The zero-order valence-corrected chi connectivity index (χ0v) is 13.1. The van der Waals surface area contributed by atoms with Gasteiger partial charge in [-0.05, 0) is 12.8 Å². The number of aromatic nitrogens is 2. The molecule has 0 saturated carbocycles. The van der Waals surface area contributed by atoms with Crippen LogP contribution in [-0.2, 0) is 21.0 Å². The Hall–Kier alpha value is -1.89. The summed E-state index contributed by atoms with van der Waals surface area (Å²) in [6.07, 6.45) is 5.31. The smallest absolute Gasteiger partial charge is 0.271 e. The highest BCUT2D eigenvalue weighted by atomic mass is 16.7. The fourth-order valence-electron chi connectivity index (χ4n) is 2.96. The van der Waals surface area contributed by atoms with Gasteiger partial charge in [0.05, 0.1) is 31.7 Å². The maximum absolute atomic E-state index is 12.8. The van der Waals surface area contributed by atoms with Crippen LogP contribution in [0.3, 0.4) is 0 Å². The molecule has 0 aromatic carbocycles. The van der Waals surface area contributed by atoms with Crippen molar-refractivity contribution in [2.75, 3.05) is 19.7 Å². The Balaban J connectivity index is 1.83. The lowest BCUT2D eigenvalue weighted by Crippen LogP contribution is -2.49. The average molecular weight is 306 g/mol. The van der Waals surface area contributed by atoms with Gasteiger partial charge in [0.25, 0.3) is 5.91 Å². The minimum Gasteiger partial charge on any atom is -0.334 e. The summed E-state index contributed by atoms with van der Waals surface area (Å²) in [7, 11) is 0. The number of imidazole rings is 1. The summed E-state index contributed by atoms with van der Waals surface area (Å²) >= 11 is 0. The third-order valence-corrected chi connectivity index (χ3v) is 4.17. The van der Waals surface area contributed by atoms with E-state index in [4.69, 9.17) is 4.84 Å². The van der Waals surface area contributed by atoms with Crippen molar-refractivity contribution in [1.82, 2.24) is 19.5 Å². The Morgan fingerprint density at radius 3 is 2.86 bits per heavy atom. The van der Waals surface area contributed by atoms with Crippen molar-refractivity contribution in [1.29, 1.82) is 0 Å². The second kappa shape index (κ2) is 6.08. The molecule has 120 valence electrons. The van der Waals surface area contributed by atoms with Gasteiger partial charge in [0.2, 0.25) is 5.91 Å². The molecular weight excluding hydrogens is 284 g/mol. The van der Waals surface area contributed by atoms with Crippen LogP contribution in [0.25, 0.3) is 0 Å². The van der Waals surface area contributed by atoms with Crippen molar-refractivity contribution in [3.05, 3.63) is 18.2 Å². The number of amides is 2. The molecule has 1 saturated heterocycles. The molecule has 1 aromatic heterocycles. The fourth-order valence-corrected chi connectivity index (χ4v) is 2.96. The number of carbonyl (C=O) groups is 2. The third kappa shape index (κ3) is 2.72. The van der Waals surface area contributed by atoms with E-state index in [1.165, 1.54) is 5.06 Å². The van der Waals surface area contributed by atoms with E-state index in [0.29, 0.717) is 26.2 Å². The standard InChI is InChI=1S/C15H22N4O3/c1-11(2)14(20)17-8-12-7-16-10-18(12)13(9-17)15(21)19-5-3-4-6-22-19/h7,10-11,13H,3-6,8-9H2,1-2H3/t13-/m0/s1. The van der Waals surface area contributed by atoms with Crippen molar-refractivity contribution in [2.24, 2.45) is 5.92 Å². The number of nitrogens with zero attached hydrogens (tertiary/aromatic N) is 4. The highest BCUT2D eigenvalue weighted by molar-refractivity contribution is 5.83. The minimum absolute atomic E-state index is 0.0600. The SMILES string of the molecule is CC(C)C(=O)N1Cc2cncn2[C@H](C(=O)N2CCCCO2)C1. The van der Waals surface area contributed by atoms with Crippen LogP contribution in [0.1, 0.15) is 38.4 Å². The van der Waals surface area contributed by atoms with E-state index in [2.05, 4.69) is 4.98 Å². The van der Waals surface area contributed by atoms with Crippen molar-refractivity contribution in [3.63, 3.8) is 0 Å². The quantitative estimate of drug-likeness (QED) is 0.817. The molecule has 0 bridgehead atoms. The molecule has 1 fully saturated rings. The van der Waals surface area contributed by atoms with E-state index in [1.54, 1.807) is 17.4 Å². The van der Waals surface area contributed by atoms with Crippen LogP contribution in [-0.4, -0.2) is 51.0 Å². The third-order valence-electron chi connectivity index (χ3n) is 4.17. The normalized spacial score (nSPS) is 21.9. The van der Waals surface area contributed by atoms with E-state index >= 15 is 0 Å². The lowest BCUT2D eigenvalue weighted by Gasteiger charge is -2.37. The van der Waals surface area contributed by atoms with Crippen LogP contribution in [0.4, 0.5) is 0 Å². The van der Waals surface area contributed by atoms with Crippen molar-refractivity contribution in [2.45, 2.75) is 39.3 Å². The predicted octanol–water partition coefficient (Wildman–Crippen LogP) is 0.976. The van der Waals surface area contributed by atoms with E-state index < -0.39 is 6.04 Å². The number of carbonyl (C=O) groups excluding carboxylic acids is 2. The first-order valence-electron chi connectivity index (χ1n) is 7.81. The predicted molar refractivity (Wildman–Crippen MR) is 78.4 cm³/mol. The van der Waals surface area contributed by atoms with Gasteiger partial charge in [-0.2, -0.15) is 0 Å². The lowest BCUT2D eigenvalue weighted by atomic mass is 10.1. The summed E-state index contributed by atoms with van der Waals surface area (Å²) in [5, 5.41) is 1.45. The minimum atomic E-state index is -0.452. The summed E-state index contributed by atoms with van der Waals surface area (Å²) in [6.45, 7) is 5.81. The lowest BCUT2D eigenvalue weighted by molar-refractivity contribution is -0.201. The molecule has 0 unspecified atom stereocenters. The van der Waals surface area contributed by atoms with Crippen LogP contribution < -0.4 is 0 Å². The largest absolute Gasteiger partial charge is 0.334 e. The first kappa shape index (κ1) is 15.0. The second-order valence-electron chi connectivity index (χ2n) is 6.16. The van der Waals surface area contributed by atoms with Gasteiger partial charge in [0.1, 0.15) is 6.04 Å². The number of hydrogen-bond donors (Lipinski definition) is 0. The average Bonchev–Trinajstić information content (AvgIpc) is 3.01. The maximum atomic E-state index is 12.8. The monoisotopic (exact) mass is 306 g/mol. The van der Waals surface area contributed by atoms with Gasteiger partial charge in [-0.25, -0.2) is 10.0 Å². The summed E-state index contributed by atoms with van der Waals surface area (Å²) in [5.41, 5.74) is 0.885. The molecule has 1 atom stereocenters. The Morgan fingerprint density at radius 1 is 1.36 bits per heavy atom. The molecule has 2 aliphatic heterocycles. The molecule has 0 spiro atoms. The maximum Gasteiger partial charge on any atom is 0.271 e. The van der Waals surface area contributed by atoms with E-state index in [1.807, 2.05) is 18.4 Å². The molecule has 3 heterocycles. The van der Waals surface area contributed by atoms with Crippen LogP contribution in [0.2, 0.25) is 0 Å². The Bertz CT molecular complexity index is 563. The van der Waals surface area contributed by atoms with Gasteiger partial charge < -0.3 is 9.47 Å². The molecule has 0 aliphatic carbocycles. The molecule has 0 N–H and O–H groups in total. The van der Waals surface area contributed by atoms with Crippen LogP contribution in [0.5, 0.6) is 0 Å². The molecule has 7 heteroatoms. The highest BCUT2D eigenvalue weighted by Crippen LogP contribution is 2.25. The zero-order valence-electron chi connectivity index (χ0n) is 13.1. The molecule has 1 aromatic rings. The molecular formula is C15H22N4O3. The van der Waals surface area contributed by atoms with Crippen molar-refractivity contribution in [3.8, 4) is 0 Å². The molecule has 22 heavy (non-hydrogen) atoms. The zero-order chi connectivity index (χ0) is 15.7. The van der Waals surface area contributed by atoms with Crippen LogP contribution in [0.15, 0.2) is 12.5 Å². The van der Waals surface area contributed by atoms with Gasteiger partial charge in [0, 0.05) is 18.7 Å². The second-order valence-corrected chi connectivity index (χ2v) is 6.16. The highest BCUT2D eigenvalue weighted by Gasteiger charge is 2.36. The van der Waals surface area contributed by atoms with E-state index in [-0.39, 0.29) is 17.7 Å². The topological polar surface area (TPSA) is 67.7 Å². The van der Waals surface area contributed by atoms with Gasteiger partial charge in [0.15, 0.2) is 0 Å². The first-order chi connectivity index (χ1) is 10.6. The fraction of sp³-hybridized carbons (Fsp3) is 0.667. The van der Waals surface area contributed by atoms with Gasteiger partial charge in [-0.15, -0.1) is 0 Å². The number of fused-ring (bicyclic) bond motifs is 1. The summed E-state index contributed by atoms with van der Waals surface area (Å²) in [5.74, 6) is -0.124.